The molecular weight excluding hydrogens is 466 g/mol. The molecule has 1 unspecified atom stereocenters. The lowest BCUT2D eigenvalue weighted by Gasteiger charge is -2.13. The maximum atomic E-state index is 13.1. The van der Waals surface area contributed by atoms with Crippen molar-refractivity contribution >= 4 is 23.3 Å². The molecule has 8 heteroatoms. The molecule has 1 aliphatic rings. The third-order valence-corrected chi connectivity index (χ3v) is 6.26. The zero-order valence-electron chi connectivity index (χ0n) is 20.4. The largest absolute Gasteiger partial charge is 0.376 e. The molecule has 5 rings (SSSR count). The molecule has 1 aromatic heterocycles. The second-order valence-corrected chi connectivity index (χ2v) is 8.95. The molecule has 1 aliphatic heterocycles. The predicted octanol–water partition coefficient (Wildman–Crippen LogP) is 5.15. The average molecular weight is 496 g/mol. The first kappa shape index (κ1) is 24.3. The van der Waals surface area contributed by atoms with Crippen molar-refractivity contribution in [2.75, 3.05) is 23.8 Å². The normalized spacial score (nSPS) is 14.8. The number of ether oxygens (including phenoxy) is 1. The number of nitrogens with zero attached hydrogens (tertiary/aromatic N) is 2. The van der Waals surface area contributed by atoms with Crippen LogP contribution < -0.4 is 16.0 Å². The molecule has 3 amide bonds. The van der Waals surface area contributed by atoms with Crippen LogP contribution in [0.3, 0.4) is 0 Å². The maximum absolute atomic E-state index is 13.1. The van der Waals surface area contributed by atoms with Gasteiger partial charge in [0.05, 0.1) is 12.6 Å². The maximum Gasteiger partial charge on any atom is 0.319 e. The second kappa shape index (κ2) is 11.5. The number of carbonyl (C=O) groups excluding carboxylic acids is 2. The highest BCUT2D eigenvalue weighted by Crippen LogP contribution is 2.25. The molecule has 3 N–H and O–H groups in total. The molecule has 1 atom stereocenters. The van der Waals surface area contributed by atoms with Crippen molar-refractivity contribution in [2.45, 2.75) is 25.5 Å². The van der Waals surface area contributed by atoms with E-state index in [2.05, 4.69) is 21.0 Å². The monoisotopic (exact) mass is 495 g/mol. The van der Waals surface area contributed by atoms with Crippen LogP contribution in [0.1, 0.15) is 28.8 Å². The Morgan fingerprint density at radius 1 is 0.919 bits per heavy atom. The van der Waals surface area contributed by atoms with Crippen LogP contribution in [-0.2, 0) is 11.3 Å². The minimum absolute atomic E-state index is 0.0891. The molecule has 8 nitrogen and oxygen atoms in total. The molecule has 1 fully saturated rings. The number of urea groups is 1. The Labute approximate surface area is 215 Å². The van der Waals surface area contributed by atoms with Crippen LogP contribution in [0.5, 0.6) is 0 Å². The molecule has 0 aliphatic carbocycles. The van der Waals surface area contributed by atoms with Gasteiger partial charge in [0.2, 0.25) is 0 Å². The highest BCUT2D eigenvalue weighted by molar-refractivity contribution is 6.08. The number of anilines is 2. The van der Waals surface area contributed by atoms with E-state index in [4.69, 9.17) is 4.74 Å². The van der Waals surface area contributed by atoms with Crippen LogP contribution in [0.25, 0.3) is 11.1 Å². The lowest BCUT2D eigenvalue weighted by atomic mass is 9.98. The van der Waals surface area contributed by atoms with Crippen molar-refractivity contribution in [3.05, 3.63) is 102 Å². The van der Waals surface area contributed by atoms with Gasteiger partial charge in [0, 0.05) is 42.5 Å². The number of hydrogen-bond acceptors (Lipinski definition) is 4. The van der Waals surface area contributed by atoms with Gasteiger partial charge in [-0.1, -0.05) is 42.5 Å². The summed E-state index contributed by atoms with van der Waals surface area (Å²) in [7, 11) is 0. The van der Waals surface area contributed by atoms with Gasteiger partial charge in [0.15, 0.2) is 0 Å². The van der Waals surface area contributed by atoms with Gasteiger partial charge >= 0.3 is 6.03 Å². The van der Waals surface area contributed by atoms with E-state index in [0.717, 1.165) is 36.1 Å². The number of carbonyl (C=O) groups is 2. The Hall–Kier alpha value is -4.43. The summed E-state index contributed by atoms with van der Waals surface area (Å²) in [5, 5.41) is 12.8. The summed E-state index contributed by atoms with van der Waals surface area (Å²) in [6, 6.07) is 24.3. The fourth-order valence-electron chi connectivity index (χ4n) is 4.33. The molecule has 3 aromatic carbocycles. The van der Waals surface area contributed by atoms with Crippen LogP contribution in [0.15, 0.2) is 91.3 Å². The fourth-order valence-corrected chi connectivity index (χ4v) is 4.33. The van der Waals surface area contributed by atoms with E-state index in [1.54, 1.807) is 30.5 Å². The van der Waals surface area contributed by atoms with E-state index in [0.29, 0.717) is 30.0 Å². The van der Waals surface area contributed by atoms with Crippen molar-refractivity contribution in [1.82, 2.24) is 15.1 Å². The Morgan fingerprint density at radius 2 is 1.68 bits per heavy atom. The van der Waals surface area contributed by atoms with Crippen molar-refractivity contribution < 1.29 is 14.3 Å². The summed E-state index contributed by atoms with van der Waals surface area (Å²) in [5.41, 5.74) is 4.80. The van der Waals surface area contributed by atoms with Crippen molar-refractivity contribution in [3.63, 3.8) is 0 Å². The molecule has 0 bridgehead atoms. The zero-order valence-corrected chi connectivity index (χ0v) is 20.4. The van der Waals surface area contributed by atoms with E-state index in [1.807, 2.05) is 65.5 Å². The summed E-state index contributed by atoms with van der Waals surface area (Å²) in [4.78, 5) is 25.3. The minimum atomic E-state index is -0.281. The number of benzene rings is 3. The van der Waals surface area contributed by atoms with Crippen LogP contribution in [0.4, 0.5) is 16.2 Å². The van der Waals surface area contributed by atoms with Crippen molar-refractivity contribution in [2.24, 2.45) is 0 Å². The summed E-state index contributed by atoms with van der Waals surface area (Å²) >= 11 is 0. The Bertz CT molecular complexity index is 1330. The Balaban J connectivity index is 1.20. The highest BCUT2D eigenvalue weighted by atomic mass is 16.5. The average Bonchev–Trinajstić information content (AvgIpc) is 3.64. The van der Waals surface area contributed by atoms with Crippen LogP contribution in [-0.4, -0.2) is 41.0 Å². The van der Waals surface area contributed by atoms with Gasteiger partial charge in [-0.2, -0.15) is 5.10 Å². The molecule has 37 heavy (non-hydrogen) atoms. The first-order valence-electron chi connectivity index (χ1n) is 12.4. The smallest absolute Gasteiger partial charge is 0.319 e. The third kappa shape index (κ3) is 6.42. The quantitative estimate of drug-likeness (QED) is 0.315. The van der Waals surface area contributed by atoms with Crippen LogP contribution in [0.2, 0.25) is 0 Å². The summed E-state index contributed by atoms with van der Waals surface area (Å²) in [6.45, 7) is 1.94. The number of nitrogens with one attached hydrogen (secondary N) is 3. The lowest BCUT2D eigenvalue weighted by Crippen LogP contribution is -2.35. The van der Waals surface area contributed by atoms with Gasteiger partial charge in [-0.15, -0.1) is 0 Å². The van der Waals surface area contributed by atoms with Gasteiger partial charge in [-0.25, -0.2) is 4.79 Å². The molecule has 1 saturated heterocycles. The van der Waals surface area contributed by atoms with E-state index in [-0.39, 0.29) is 18.0 Å². The van der Waals surface area contributed by atoms with E-state index >= 15 is 0 Å². The third-order valence-electron chi connectivity index (χ3n) is 6.26. The van der Waals surface area contributed by atoms with Gasteiger partial charge < -0.3 is 20.7 Å². The number of aromatic nitrogens is 2. The highest BCUT2D eigenvalue weighted by Gasteiger charge is 2.16. The van der Waals surface area contributed by atoms with Crippen LogP contribution >= 0.6 is 0 Å². The van der Waals surface area contributed by atoms with Gasteiger partial charge in [-0.3, -0.25) is 9.48 Å². The van der Waals surface area contributed by atoms with Gasteiger partial charge in [0.25, 0.3) is 5.91 Å². The molecular formula is C29H29N5O3. The summed E-state index contributed by atoms with van der Waals surface area (Å²) in [6.07, 6.45) is 5.78. The second-order valence-electron chi connectivity index (χ2n) is 8.95. The standard InChI is InChI=1S/C29H29N5O3/c35-28(32-23-12-14-24(15-13-23)33-29(36)30-19-25-5-3-18-37-25)27-7-2-1-6-26(27)22-10-8-21(9-11-22)20-34-17-4-16-31-34/h1-2,4,6-17,25H,3,5,18-20H2,(H,32,35)(H2,30,33,36). The van der Waals surface area contributed by atoms with Crippen LogP contribution in [0, 0.1) is 0 Å². The number of amides is 3. The molecule has 0 saturated carbocycles. The summed E-state index contributed by atoms with van der Waals surface area (Å²) in [5.74, 6) is -0.203. The SMILES string of the molecule is O=C(NCC1CCCO1)Nc1ccc(NC(=O)c2ccccc2-c2ccc(Cn3cccn3)cc2)cc1. The molecule has 2 heterocycles. The Morgan fingerprint density at radius 3 is 2.38 bits per heavy atom. The number of hydrogen-bond donors (Lipinski definition) is 3. The molecule has 0 spiro atoms. The zero-order chi connectivity index (χ0) is 25.5. The fraction of sp³-hybridized carbons (Fsp3) is 0.207. The molecule has 188 valence electrons. The summed E-state index contributed by atoms with van der Waals surface area (Å²) < 4.78 is 7.39. The first-order chi connectivity index (χ1) is 18.1. The predicted molar refractivity (Wildman–Crippen MR) is 144 cm³/mol. The topological polar surface area (TPSA) is 97.3 Å². The first-order valence-corrected chi connectivity index (χ1v) is 12.4. The number of rotatable bonds is 8. The van der Waals surface area contributed by atoms with Crippen molar-refractivity contribution in [3.8, 4) is 11.1 Å². The lowest BCUT2D eigenvalue weighted by molar-refractivity contribution is 0.102. The van der Waals surface area contributed by atoms with Gasteiger partial charge in [-0.05, 0) is 65.9 Å². The minimum Gasteiger partial charge on any atom is -0.376 e. The van der Waals surface area contributed by atoms with E-state index in [9.17, 15) is 9.59 Å². The van der Waals surface area contributed by atoms with E-state index in [1.165, 1.54) is 0 Å². The van der Waals surface area contributed by atoms with Crippen molar-refractivity contribution in [1.29, 1.82) is 0 Å². The Kier molecular flexibility index (Phi) is 7.57. The van der Waals surface area contributed by atoms with E-state index < -0.39 is 0 Å². The molecule has 0 radical (unpaired) electrons. The van der Waals surface area contributed by atoms with Gasteiger partial charge in [0.1, 0.15) is 0 Å². The molecule has 4 aromatic rings.